The first-order chi connectivity index (χ1) is 10.2. The van der Waals surface area contributed by atoms with Crippen molar-refractivity contribution in [1.82, 2.24) is 4.98 Å². The fraction of sp³-hybridized carbons (Fsp3) is 0.600. The minimum absolute atomic E-state index is 0.196. The molecule has 1 aromatic heterocycles. The van der Waals surface area contributed by atoms with Gasteiger partial charge in [-0.1, -0.05) is 6.42 Å². The number of anilines is 1. The van der Waals surface area contributed by atoms with E-state index in [9.17, 15) is 4.79 Å². The summed E-state index contributed by atoms with van der Waals surface area (Å²) in [5.74, 6) is -0.368. The number of hydrogen-bond donors (Lipinski definition) is 2. The Morgan fingerprint density at radius 1 is 1.43 bits per heavy atom. The lowest BCUT2D eigenvalue weighted by Crippen LogP contribution is -2.30. The van der Waals surface area contributed by atoms with E-state index in [0.717, 1.165) is 24.9 Å². The van der Waals surface area contributed by atoms with Gasteiger partial charge in [0.25, 0.3) is 0 Å². The van der Waals surface area contributed by atoms with E-state index >= 15 is 0 Å². The highest BCUT2D eigenvalue weighted by Crippen LogP contribution is 2.27. The molecule has 1 fully saturated rings. The van der Waals surface area contributed by atoms with Crippen molar-refractivity contribution in [3.8, 4) is 5.88 Å². The smallest absolute Gasteiger partial charge is 0.306 e. The molecule has 6 nitrogen and oxygen atoms in total. The first kappa shape index (κ1) is 15.6. The summed E-state index contributed by atoms with van der Waals surface area (Å²) in [6.07, 6.45) is 5.10. The Morgan fingerprint density at radius 3 is 2.95 bits per heavy atom. The Balaban J connectivity index is 1.83. The number of pyridine rings is 1. The molecule has 0 bridgehead atoms. The molecule has 1 aliphatic rings. The van der Waals surface area contributed by atoms with E-state index in [1.54, 1.807) is 19.4 Å². The number of aromatic nitrogens is 1. The van der Waals surface area contributed by atoms with Crippen LogP contribution in [-0.2, 0) is 9.53 Å². The minimum Gasteiger partial charge on any atom is -0.481 e. The number of nitrogens with zero attached hydrogens (tertiary/aromatic N) is 1. The third-order valence-electron chi connectivity index (χ3n) is 3.67. The zero-order valence-corrected chi connectivity index (χ0v) is 12.2. The lowest BCUT2D eigenvalue weighted by Gasteiger charge is -2.28. The molecule has 1 aromatic rings. The number of methoxy groups -OCH3 is 1. The highest BCUT2D eigenvalue weighted by Gasteiger charge is 2.26. The summed E-state index contributed by atoms with van der Waals surface area (Å²) in [7, 11) is 1.62. The third kappa shape index (κ3) is 4.90. The van der Waals surface area contributed by atoms with Crippen LogP contribution in [0.3, 0.4) is 0 Å². The van der Waals surface area contributed by atoms with Crippen LogP contribution in [0.2, 0.25) is 0 Å². The lowest BCUT2D eigenvalue weighted by atomic mass is 9.86. The fourth-order valence-corrected chi connectivity index (χ4v) is 2.56. The number of carboxylic acids is 1. The van der Waals surface area contributed by atoms with Crippen molar-refractivity contribution in [2.45, 2.75) is 31.7 Å². The molecule has 2 unspecified atom stereocenters. The molecule has 0 radical (unpaired) electrons. The monoisotopic (exact) mass is 294 g/mol. The SMILES string of the molecule is COCCOc1ccc(NC2CCCC(C(=O)O)C2)cn1. The number of ether oxygens (including phenoxy) is 2. The Hall–Kier alpha value is -1.82. The summed E-state index contributed by atoms with van der Waals surface area (Å²) in [5, 5.41) is 12.4. The van der Waals surface area contributed by atoms with Gasteiger partial charge in [-0.25, -0.2) is 4.98 Å². The first-order valence-electron chi connectivity index (χ1n) is 7.26. The van der Waals surface area contributed by atoms with E-state index in [4.69, 9.17) is 14.6 Å². The number of carbonyl (C=O) groups is 1. The first-order valence-corrected chi connectivity index (χ1v) is 7.26. The van der Waals surface area contributed by atoms with E-state index < -0.39 is 5.97 Å². The van der Waals surface area contributed by atoms with E-state index in [1.165, 1.54) is 0 Å². The van der Waals surface area contributed by atoms with Crippen molar-refractivity contribution in [2.24, 2.45) is 5.92 Å². The predicted octanol–water partition coefficient (Wildman–Crippen LogP) is 2.16. The maximum Gasteiger partial charge on any atom is 0.306 e. The van der Waals surface area contributed by atoms with Crippen molar-refractivity contribution in [3.05, 3.63) is 18.3 Å². The Kier molecular flexibility index (Phi) is 5.80. The van der Waals surface area contributed by atoms with Gasteiger partial charge in [0.05, 0.1) is 24.4 Å². The third-order valence-corrected chi connectivity index (χ3v) is 3.67. The Bertz CT molecular complexity index is 449. The maximum atomic E-state index is 11.1. The summed E-state index contributed by atoms with van der Waals surface area (Å²) < 4.78 is 10.3. The van der Waals surface area contributed by atoms with Crippen molar-refractivity contribution in [2.75, 3.05) is 25.6 Å². The molecular weight excluding hydrogens is 272 g/mol. The number of rotatable bonds is 7. The molecule has 1 aliphatic carbocycles. The van der Waals surface area contributed by atoms with Crippen LogP contribution in [0.4, 0.5) is 5.69 Å². The molecule has 21 heavy (non-hydrogen) atoms. The maximum absolute atomic E-state index is 11.1. The Morgan fingerprint density at radius 2 is 2.29 bits per heavy atom. The molecular formula is C15H22N2O4. The molecule has 0 aliphatic heterocycles. The van der Waals surface area contributed by atoms with Crippen LogP contribution >= 0.6 is 0 Å². The summed E-state index contributed by atoms with van der Waals surface area (Å²) >= 11 is 0. The van der Waals surface area contributed by atoms with Crippen molar-refractivity contribution in [1.29, 1.82) is 0 Å². The van der Waals surface area contributed by atoms with Gasteiger partial charge in [-0.3, -0.25) is 4.79 Å². The van der Waals surface area contributed by atoms with Gasteiger partial charge in [-0.15, -0.1) is 0 Å². The molecule has 1 saturated carbocycles. The quantitative estimate of drug-likeness (QED) is 0.750. The lowest BCUT2D eigenvalue weighted by molar-refractivity contribution is -0.142. The molecule has 2 rings (SSSR count). The van der Waals surface area contributed by atoms with Gasteiger partial charge in [-0.05, 0) is 25.3 Å². The average molecular weight is 294 g/mol. The number of carboxylic acid groups (broad SMARTS) is 1. The zero-order chi connectivity index (χ0) is 15.1. The topological polar surface area (TPSA) is 80.7 Å². The summed E-state index contributed by atoms with van der Waals surface area (Å²) in [5.41, 5.74) is 0.894. The average Bonchev–Trinajstić information content (AvgIpc) is 2.49. The molecule has 2 atom stereocenters. The number of hydrogen-bond acceptors (Lipinski definition) is 5. The fourth-order valence-electron chi connectivity index (χ4n) is 2.56. The van der Waals surface area contributed by atoms with Crippen LogP contribution in [0.25, 0.3) is 0 Å². The molecule has 1 heterocycles. The summed E-state index contributed by atoms with van der Waals surface area (Å²) in [6.45, 7) is 1.000. The van der Waals surface area contributed by atoms with Crippen molar-refractivity contribution in [3.63, 3.8) is 0 Å². The molecule has 0 aromatic carbocycles. The Labute approximate surface area is 124 Å². The zero-order valence-electron chi connectivity index (χ0n) is 12.2. The van der Waals surface area contributed by atoms with E-state index in [1.807, 2.05) is 6.07 Å². The van der Waals surface area contributed by atoms with E-state index in [0.29, 0.717) is 25.5 Å². The van der Waals surface area contributed by atoms with Gasteiger partial charge >= 0.3 is 5.97 Å². The van der Waals surface area contributed by atoms with Crippen LogP contribution in [0.5, 0.6) is 5.88 Å². The second-order valence-electron chi connectivity index (χ2n) is 5.27. The van der Waals surface area contributed by atoms with E-state index in [2.05, 4.69) is 10.3 Å². The van der Waals surface area contributed by atoms with Crippen LogP contribution in [0.15, 0.2) is 18.3 Å². The van der Waals surface area contributed by atoms with Gasteiger partial charge < -0.3 is 19.9 Å². The summed E-state index contributed by atoms with van der Waals surface area (Å²) in [6, 6.07) is 3.90. The minimum atomic E-state index is -0.693. The van der Waals surface area contributed by atoms with Crippen molar-refractivity contribution >= 4 is 11.7 Å². The van der Waals surface area contributed by atoms with Crippen LogP contribution in [-0.4, -0.2) is 42.4 Å². The standard InChI is InChI=1S/C15H22N2O4/c1-20-7-8-21-14-6-5-13(10-16-14)17-12-4-2-3-11(9-12)15(18)19/h5-6,10-12,17H,2-4,7-9H2,1H3,(H,18,19). The second-order valence-corrected chi connectivity index (χ2v) is 5.27. The molecule has 0 spiro atoms. The van der Waals surface area contributed by atoms with Crippen LogP contribution in [0.1, 0.15) is 25.7 Å². The predicted molar refractivity (Wildman–Crippen MR) is 78.6 cm³/mol. The summed E-state index contributed by atoms with van der Waals surface area (Å²) in [4.78, 5) is 15.3. The van der Waals surface area contributed by atoms with Crippen molar-refractivity contribution < 1.29 is 19.4 Å². The van der Waals surface area contributed by atoms with Gasteiger partial charge in [0.2, 0.25) is 5.88 Å². The largest absolute Gasteiger partial charge is 0.481 e. The second kappa shape index (κ2) is 7.83. The highest BCUT2D eigenvalue weighted by atomic mass is 16.5. The molecule has 116 valence electrons. The number of aliphatic carboxylic acids is 1. The van der Waals surface area contributed by atoms with Gasteiger partial charge in [0.1, 0.15) is 6.61 Å². The highest BCUT2D eigenvalue weighted by molar-refractivity contribution is 5.70. The normalized spacial score (nSPS) is 21.8. The molecule has 0 saturated heterocycles. The van der Waals surface area contributed by atoms with Gasteiger partial charge in [0, 0.05) is 19.2 Å². The molecule has 0 amide bonds. The van der Waals surface area contributed by atoms with Crippen LogP contribution < -0.4 is 10.1 Å². The number of nitrogens with one attached hydrogen (secondary N) is 1. The molecule has 6 heteroatoms. The molecule has 2 N–H and O–H groups in total. The van der Waals surface area contributed by atoms with Gasteiger partial charge in [-0.2, -0.15) is 0 Å². The van der Waals surface area contributed by atoms with Crippen LogP contribution in [0, 0.1) is 5.92 Å². The van der Waals surface area contributed by atoms with Gasteiger partial charge in [0.15, 0.2) is 0 Å². The van der Waals surface area contributed by atoms with E-state index in [-0.39, 0.29) is 12.0 Å².